The number of ether oxygens (including phenoxy) is 1. The number of alkyl carbamates (subject to hydrolysis) is 1. The van der Waals surface area contributed by atoms with E-state index < -0.39 is 40.0 Å². The van der Waals surface area contributed by atoms with Crippen LogP contribution in [0.25, 0.3) is 0 Å². The Kier molecular flexibility index (Phi) is 5.80. The van der Waals surface area contributed by atoms with Gasteiger partial charge in [0.1, 0.15) is 22.0 Å². The van der Waals surface area contributed by atoms with E-state index in [0.29, 0.717) is 0 Å². The first-order chi connectivity index (χ1) is 12.9. The van der Waals surface area contributed by atoms with E-state index in [0.717, 1.165) is 32.1 Å². The second kappa shape index (κ2) is 7.56. The number of halogens is 2. The van der Waals surface area contributed by atoms with E-state index in [1.807, 2.05) is 0 Å². The van der Waals surface area contributed by atoms with Gasteiger partial charge in [0.2, 0.25) is 5.91 Å². The zero-order valence-corrected chi connectivity index (χ0v) is 17.9. The molecule has 2 amide bonds. The third-order valence-electron chi connectivity index (χ3n) is 5.93. The van der Waals surface area contributed by atoms with Gasteiger partial charge >= 0.3 is 12.1 Å². The third-order valence-corrected chi connectivity index (χ3v) is 6.99. The maximum atomic E-state index is 13.3. The van der Waals surface area contributed by atoms with Gasteiger partial charge in [-0.05, 0) is 39.5 Å². The van der Waals surface area contributed by atoms with Gasteiger partial charge in [-0.2, -0.15) is 0 Å². The molecule has 3 fully saturated rings. The predicted octanol–water partition coefficient (Wildman–Crippen LogP) is 3.18. The fraction of sp³-hybridized carbons (Fsp3) is 0.842. The Morgan fingerprint density at radius 2 is 1.79 bits per heavy atom. The average molecular weight is 435 g/mol. The van der Waals surface area contributed by atoms with E-state index in [-0.39, 0.29) is 24.3 Å². The van der Waals surface area contributed by atoms with Gasteiger partial charge in [-0.3, -0.25) is 4.79 Å². The Bertz CT molecular complexity index is 657. The highest BCUT2D eigenvalue weighted by molar-refractivity contribution is 6.51. The molecule has 2 saturated carbocycles. The van der Waals surface area contributed by atoms with Crippen LogP contribution in [-0.4, -0.2) is 56.5 Å². The lowest BCUT2D eigenvalue weighted by Gasteiger charge is -2.35. The summed E-state index contributed by atoms with van der Waals surface area (Å²) in [7, 11) is 0. The van der Waals surface area contributed by atoms with Crippen LogP contribution in [0.15, 0.2) is 0 Å². The Balaban J connectivity index is 1.78. The molecule has 158 valence electrons. The first kappa shape index (κ1) is 21.5. The molecule has 0 radical (unpaired) electrons. The molecule has 0 bridgehead atoms. The monoisotopic (exact) mass is 434 g/mol. The van der Waals surface area contributed by atoms with Gasteiger partial charge in [0, 0.05) is 18.4 Å². The van der Waals surface area contributed by atoms with Gasteiger partial charge < -0.3 is 20.1 Å². The molecule has 2 aliphatic carbocycles. The summed E-state index contributed by atoms with van der Waals surface area (Å²) >= 11 is 12.4. The van der Waals surface area contributed by atoms with Crippen molar-refractivity contribution in [2.24, 2.45) is 17.8 Å². The highest BCUT2D eigenvalue weighted by Crippen LogP contribution is 2.65. The minimum absolute atomic E-state index is 0.0445. The molecule has 2 N–H and O–H groups in total. The lowest BCUT2D eigenvalue weighted by atomic mass is 9.83. The number of carbonyl (C=O) groups excluding carboxylic acids is 2. The van der Waals surface area contributed by atoms with Crippen molar-refractivity contribution >= 4 is 41.2 Å². The number of alkyl halides is 2. The molecule has 1 heterocycles. The third kappa shape index (κ3) is 4.20. The minimum atomic E-state index is -1.12. The second-order valence-corrected chi connectivity index (χ2v) is 10.5. The van der Waals surface area contributed by atoms with Gasteiger partial charge in [-0.15, -0.1) is 23.2 Å². The number of likely N-dealkylation sites (tertiary alicyclic amines) is 1. The number of carboxylic acid groups (broad SMARTS) is 1. The summed E-state index contributed by atoms with van der Waals surface area (Å²) in [6.07, 6.45) is 3.99. The SMILES string of the molecule is CC(C)(C)OC(=O)NC(C(=O)N1CC2C(C1C(=O)O)C2(Cl)Cl)C1CCCCC1. The van der Waals surface area contributed by atoms with E-state index in [9.17, 15) is 19.5 Å². The second-order valence-electron chi connectivity index (χ2n) is 9.10. The summed E-state index contributed by atoms with van der Waals surface area (Å²) in [5.41, 5.74) is -0.694. The number of piperidine rings is 1. The lowest BCUT2D eigenvalue weighted by molar-refractivity contribution is -0.151. The molecule has 0 aromatic heterocycles. The fourth-order valence-electron chi connectivity index (χ4n) is 4.58. The number of nitrogens with zero attached hydrogens (tertiary/aromatic N) is 1. The molecule has 3 aliphatic rings. The van der Waals surface area contributed by atoms with E-state index in [1.165, 1.54) is 4.90 Å². The van der Waals surface area contributed by atoms with E-state index in [1.54, 1.807) is 20.8 Å². The number of fused-ring (bicyclic) bond motifs is 1. The van der Waals surface area contributed by atoms with Crippen molar-refractivity contribution in [2.45, 2.75) is 74.9 Å². The van der Waals surface area contributed by atoms with Crippen molar-refractivity contribution in [3.63, 3.8) is 0 Å². The van der Waals surface area contributed by atoms with Crippen molar-refractivity contribution in [3.8, 4) is 0 Å². The average Bonchev–Trinajstić information content (AvgIpc) is 2.95. The Labute approximate surface area is 175 Å². The Morgan fingerprint density at radius 1 is 1.18 bits per heavy atom. The first-order valence-corrected chi connectivity index (χ1v) is 10.6. The van der Waals surface area contributed by atoms with Crippen LogP contribution in [0.2, 0.25) is 0 Å². The van der Waals surface area contributed by atoms with Crippen LogP contribution in [0.3, 0.4) is 0 Å². The van der Waals surface area contributed by atoms with Crippen LogP contribution in [0, 0.1) is 17.8 Å². The molecule has 0 aromatic rings. The molecule has 4 atom stereocenters. The summed E-state index contributed by atoms with van der Waals surface area (Å²) in [6, 6.07) is -1.88. The van der Waals surface area contributed by atoms with Gasteiger partial charge in [-0.25, -0.2) is 9.59 Å². The van der Waals surface area contributed by atoms with Crippen LogP contribution in [0.1, 0.15) is 52.9 Å². The normalized spacial score (nSPS) is 30.3. The maximum Gasteiger partial charge on any atom is 0.408 e. The molecular weight excluding hydrogens is 407 g/mol. The van der Waals surface area contributed by atoms with Crippen LogP contribution in [0.4, 0.5) is 4.79 Å². The number of aliphatic carboxylic acids is 1. The lowest BCUT2D eigenvalue weighted by Crippen LogP contribution is -2.57. The summed E-state index contributed by atoms with van der Waals surface area (Å²) < 4.78 is 4.23. The van der Waals surface area contributed by atoms with Crippen LogP contribution in [-0.2, 0) is 14.3 Å². The number of carbonyl (C=O) groups is 3. The molecule has 0 spiro atoms. The molecule has 0 aromatic carbocycles. The number of amides is 2. The summed E-state index contributed by atoms with van der Waals surface area (Å²) in [6.45, 7) is 5.43. The van der Waals surface area contributed by atoms with Crippen molar-refractivity contribution < 1.29 is 24.2 Å². The molecule has 4 unspecified atom stereocenters. The highest BCUT2D eigenvalue weighted by Gasteiger charge is 2.74. The number of carboxylic acids is 1. The van der Waals surface area contributed by atoms with Crippen LogP contribution >= 0.6 is 23.2 Å². The molecule has 3 rings (SSSR count). The Hall–Kier alpha value is -1.21. The summed E-state index contributed by atoms with van der Waals surface area (Å²) in [5, 5.41) is 12.4. The number of hydrogen-bond donors (Lipinski definition) is 2. The molecular formula is C19H28Cl2N2O5. The molecule has 1 aliphatic heterocycles. The number of nitrogens with one attached hydrogen (secondary N) is 1. The van der Waals surface area contributed by atoms with Crippen molar-refractivity contribution in [3.05, 3.63) is 0 Å². The van der Waals surface area contributed by atoms with Gasteiger partial charge in [0.05, 0.1) is 0 Å². The fourth-order valence-corrected chi connectivity index (χ4v) is 5.40. The smallest absolute Gasteiger partial charge is 0.408 e. The zero-order chi connectivity index (χ0) is 20.9. The van der Waals surface area contributed by atoms with Gasteiger partial charge in [0.25, 0.3) is 0 Å². The zero-order valence-electron chi connectivity index (χ0n) is 16.4. The summed E-state index contributed by atoms with van der Waals surface area (Å²) in [5.74, 6) is -2.29. The largest absolute Gasteiger partial charge is 0.480 e. The molecule has 1 saturated heterocycles. The van der Waals surface area contributed by atoms with Crippen molar-refractivity contribution in [2.75, 3.05) is 6.54 Å². The summed E-state index contributed by atoms with van der Waals surface area (Å²) in [4.78, 5) is 38.9. The number of hydrogen-bond acceptors (Lipinski definition) is 4. The highest BCUT2D eigenvalue weighted by atomic mass is 35.5. The van der Waals surface area contributed by atoms with E-state index in [2.05, 4.69) is 5.32 Å². The maximum absolute atomic E-state index is 13.3. The minimum Gasteiger partial charge on any atom is -0.480 e. The van der Waals surface area contributed by atoms with E-state index >= 15 is 0 Å². The topological polar surface area (TPSA) is 95.9 Å². The van der Waals surface area contributed by atoms with Gasteiger partial charge in [-0.1, -0.05) is 19.3 Å². The quantitative estimate of drug-likeness (QED) is 0.662. The predicted molar refractivity (Wildman–Crippen MR) is 104 cm³/mol. The molecule has 28 heavy (non-hydrogen) atoms. The number of rotatable bonds is 4. The van der Waals surface area contributed by atoms with Gasteiger partial charge in [0.15, 0.2) is 0 Å². The first-order valence-electron chi connectivity index (χ1n) is 9.84. The molecule has 7 nitrogen and oxygen atoms in total. The van der Waals surface area contributed by atoms with Crippen LogP contribution < -0.4 is 5.32 Å². The standard InChI is InChI=1S/C19H28Cl2N2O5/c1-18(2,3)28-17(27)22-13(10-7-5-4-6-8-10)15(24)23-9-11-12(19(11,20)21)14(23)16(25)26/h10-14H,4-9H2,1-3H3,(H,22,27)(H,25,26). The van der Waals surface area contributed by atoms with E-state index in [4.69, 9.17) is 27.9 Å². The van der Waals surface area contributed by atoms with Crippen LogP contribution in [0.5, 0.6) is 0 Å². The molecule has 9 heteroatoms. The van der Waals surface area contributed by atoms with Crippen molar-refractivity contribution in [1.82, 2.24) is 10.2 Å². The Morgan fingerprint density at radius 3 is 2.32 bits per heavy atom. The van der Waals surface area contributed by atoms with Crippen molar-refractivity contribution in [1.29, 1.82) is 0 Å².